The number of nitriles is 1. The molecule has 1 fully saturated rings. The van der Waals surface area contributed by atoms with E-state index in [9.17, 15) is 10.1 Å². The standard InChI is InChI=1S/C33H48N4O2/c1-7-13-14-19-29-30(11-5)35-33(39-24-27-18-15-17-25(27)16-8-2)36-32(29)37(22-9-3)23-26(20-21-34)28(10-4)31(38)12-6/h7-8,10,12,16,25-28H,1,4,6,9,11,13-15,17-20,22-24H2,2-3,5H3/b16-8+/t25?,26?,27-,28?/m0/s1. The van der Waals surface area contributed by atoms with Gasteiger partial charge >= 0.3 is 6.01 Å². The van der Waals surface area contributed by atoms with E-state index in [0.29, 0.717) is 31.0 Å². The van der Waals surface area contributed by atoms with Crippen LogP contribution in [-0.2, 0) is 17.6 Å². The molecule has 1 aliphatic rings. The zero-order valence-corrected chi connectivity index (χ0v) is 24.4. The van der Waals surface area contributed by atoms with Crippen molar-refractivity contribution in [2.45, 2.75) is 78.6 Å². The Kier molecular flexibility index (Phi) is 14.3. The van der Waals surface area contributed by atoms with Gasteiger partial charge in [0.15, 0.2) is 5.78 Å². The van der Waals surface area contributed by atoms with E-state index in [4.69, 9.17) is 14.7 Å². The SMILES string of the molecule is C=CCCCc1c(CC)nc(OC[C@@H]2CCCC2/C=C/C)nc1N(CCC)CC(CC#N)C(C=C)C(=O)C=C. The summed E-state index contributed by atoms with van der Waals surface area (Å²) in [6.45, 7) is 19.6. The average molecular weight is 533 g/mol. The molecule has 1 saturated carbocycles. The molecule has 1 heterocycles. The number of carbonyl (C=O) groups is 1. The van der Waals surface area contributed by atoms with Crippen molar-refractivity contribution in [2.24, 2.45) is 23.7 Å². The number of allylic oxidation sites excluding steroid dienone is 5. The van der Waals surface area contributed by atoms with Crippen molar-refractivity contribution < 1.29 is 9.53 Å². The molecule has 2 rings (SSSR count). The Labute approximate surface area is 236 Å². The summed E-state index contributed by atoms with van der Waals surface area (Å²) < 4.78 is 6.30. The molecule has 0 aliphatic heterocycles. The number of aromatic nitrogens is 2. The molecule has 0 saturated heterocycles. The van der Waals surface area contributed by atoms with E-state index in [-0.39, 0.29) is 18.1 Å². The van der Waals surface area contributed by atoms with Gasteiger partial charge in [-0.1, -0.05) is 51.2 Å². The van der Waals surface area contributed by atoms with Gasteiger partial charge in [0, 0.05) is 36.9 Å². The first-order valence-electron chi connectivity index (χ1n) is 14.6. The number of rotatable bonds is 19. The number of hydrogen-bond donors (Lipinski definition) is 0. The quantitative estimate of drug-likeness (QED) is 0.106. The predicted molar refractivity (Wildman–Crippen MR) is 161 cm³/mol. The maximum atomic E-state index is 12.6. The topological polar surface area (TPSA) is 79.1 Å². The molecule has 212 valence electrons. The molecule has 0 spiro atoms. The molecule has 39 heavy (non-hydrogen) atoms. The molecular weight excluding hydrogens is 484 g/mol. The van der Waals surface area contributed by atoms with Gasteiger partial charge in [-0.2, -0.15) is 15.2 Å². The number of carbonyl (C=O) groups excluding carboxylic acids is 1. The van der Waals surface area contributed by atoms with Gasteiger partial charge in [-0.3, -0.25) is 4.79 Å². The first-order chi connectivity index (χ1) is 19.0. The monoisotopic (exact) mass is 532 g/mol. The van der Waals surface area contributed by atoms with Gasteiger partial charge < -0.3 is 9.64 Å². The van der Waals surface area contributed by atoms with E-state index in [1.165, 1.54) is 18.9 Å². The van der Waals surface area contributed by atoms with Gasteiger partial charge in [-0.15, -0.1) is 13.2 Å². The van der Waals surface area contributed by atoms with Crippen LogP contribution in [0, 0.1) is 35.0 Å². The van der Waals surface area contributed by atoms with Gasteiger partial charge in [-0.05, 0) is 69.8 Å². The van der Waals surface area contributed by atoms with Gasteiger partial charge in [0.1, 0.15) is 5.82 Å². The lowest BCUT2D eigenvalue weighted by Gasteiger charge is -2.32. The van der Waals surface area contributed by atoms with Crippen molar-refractivity contribution in [1.29, 1.82) is 5.26 Å². The summed E-state index contributed by atoms with van der Waals surface area (Å²) in [6, 6.07) is 2.70. The second-order valence-corrected chi connectivity index (χ2v) is 10.4. The zero-order chi connectivity index (χ0) is 28.6. The minimum Gasteiger partial charge on any atom is -0.463 e. The molecule has 0 radical (unpaired) electrons. The van der Waals surface area contributed by atoms with Gasteiger partial charge in [0.2, 0.25) is 0 Å². The van der Waals surface area contributed by atoms with E-state index in [1.807, 2.05) is 6.08 Å². The summed E-state index contributed by atoms with van der Waals surface area (Å²) in [5, 5.41) is 9.61. The molecule has 1 aromatic rings. The fraction of sp³-hybridized carbons (Fsp3) is 0.576. The second-order valence-electron chi connectivity index (χ2n) is 10.4. The summed E-state index contributed by atoms with van der Waals surface area (Å²) in [6.07, 6.45) is 17.5. The van der Waals surface area contributed by atoms with Crippen LogP contribution in [0.1, 0.15) is 77.0 Å². The molecule has 6 nitrogen and oxygen atoms in total. The maximum Gasteiger partial charge on any atom is 0.318 e. The summed E-state index contributed by atoms with van der Waals surface area (Å²) in [5.41, 5.74) is 2.12. The van der Waals surface area contributed by atoms with Crippen molar-refractivity contribution in [3.63, 3.8) is 0 Å². The normalized spacial score (nSPS) is 18.3. The fourth-order valence-electron chi connectivity index (χ4n) is 5.68. The molecule has 1 aliphatic carbocycles. The highest BCUT2D eigenvalue weighted by Crippen LogP contribution is 2.34. The lowest BCUT2D eigenvalue weighted by Crippen LogP contribution is -2.36. The van der Waals surface area contributed by atoms with Crippen molar-refractivity contribution in [3.8, 4) is 12.1 Å². The van der Waals surface area contributed by atoms with Crippen LogP contribution in [0.3, 0.4) is 0 Å². The Hall–Kier alpha value is -3.20. The number of aryl methyl sites for hydroxylation is 1. The number of nitrogens with zero attached hydrogens (tertiary/aromatic N) is 4. The third-order valence-electron chi connectivity index (χ3n) is 7.70. The highest BCUT2D eigenvalue weighted by Gasteiger charge is 2.29. The number of unbranched alkanes of at least 4 members (excludes halogenated alkanes) is 1. The molecule has 0 amide bonds. The van der Waals surface area contributed by atoms with Crippen LogP contribution in [-0.4, -0.2) is 35.4 Å². The van der Waals surface area contributed by atoms with Crippen LogP contribution >= 0.6 is 0 Å². The van der Waals surface area contributed by atoms with Crippen LogP contribution in [0.15, 0.2) is 50.1 Å². The molecule has 0 bridgehead atoms. The van der Waals surface area contributed by atoms with Crippen molar-refractivity contribution >= 4 is 11.6 Å². The first-order valence-corrected chi connectivity index (χ1v) is 14.6. The van der Waals surface area contributed by atoms with E-state index >= 15 is 0 Å². The van der Waals surface area contributed by atoms with E-state index in [0.717, 1.165) is 62.1 Å². The first kappa shape index (κ1) is 32.0. The van der Waals surface area contributed by atoms with Crippen LogP contribution < -0.4 is 9.64 Å². The van der Waals surface area contributed by atoms with Gasteiger partial charge in [-0.25, -0.2) is 0 Å². The summed E-state index contributed by atoms with van der Waals surface area (Å²) in [4.78, 5) is 24.7. The van der Waals surface area contributed by atoms with Crippen LogP contribution in [0.4, 0.5) is 5.82 Å². The van der Waals surface area contributed by atoms with Gasteiger partial charge in [0.05, 0.1) is 18.4 Å². The van der Waals surface area contributed by atoms with Crippen molar-refractivity contribution in [3.05, 3.63) is 61.4 Å². The fourth-order valence-corrected chi connectivity index (χ4v) is 5.68. The molecule has 0 N–H and O–H groups in total. The molecule has 1 aromatic heterocycles. The maximum absolute atomic E-state index is 12.6. The Balaban J connectivity index is 2.49. The smallest absolute Gasteiger partial charge is 0.318 e. The minimum atomic E-state index is -0.472. The highest BCUT2D eigenvalue weighted by atomic mass is 16.5. The number of ether oxygens (including phenoxy) is 1. The Bertz CT molecular complexity index is 1030. The average Bonchev–Trinajstić information content (AvgIpc) is 3.39. The molecule has 0 aromatic carbocycles. The predicted octanol–water partition coefficient (Wildman–Crippen LogP) is 7.22. The molecule has 3 unspecified atom stereocenters. The summed E-state index contributed by atoms with van der Waals surface area (Å²) >= 11 is 0. The van der Waals surface area contributed by atoms with E-state index in [1.54, 1.807) is 6.08 Å². The third-order valence-corrected chi connectivity index (χ3v) is 7.70. The highest BCUT2D eigenvalue weighted by molar-refractivity contribution is 5.92. The summed E-state index contributed by atoms with van der Waals surface area (Å²) in [5.74, 6) is 1.06. The summed E-state index contributed by atoms with van der Waals surface area (Å²) in [7, 11) is 0. The van der Waals surface area contributed by atoms with Gasteiger partial charge in [0.25, 0.3) is 0 Å². The second kappa shape index (κ2) is 17.4. The Morgan fingerprint density at radius 2 is 2.05 bits per heavy atom. The lowest BCUT2D eigenvalue weighted by atomic mass is 9.85. The Morgan fingerprint density at radius 1 is 1.26 bits per heavy atom. The van der Waals surface area contributed by atoms with Crippen LogP contribution in [0.25, 0.3) is 0 Å². The van der Waals surface area contributed by atoms with Crippen LogP contribution in [0.2, 0.25) is 0 Å². The lowest BCUT2D eigenvalue weighted by molar-refractivity contribution is -0.118. The largest absolute Gasteiger partial charge is 0.463 e. The third kappa shape index (κ3) is 9.20. The van der Waals surface area contributed by atoms with Crippen molar-refractivity contribution in [2.75, 3.05) is 24.6 Å². The van der Waals surface area contributed by atoms with E-state index in [2.05, 4.69) is 63.6 Å². The van der Waals surface area contributed by atoms with E-state index < -0.39 is 5.92 Å². The number of anilines is 1. The Morgan fingerprint density at radius 3 is 2.67 bits per heavy atom. The number of ketones is 1. The number of hydrogen-bond acceptors (Lipinski definition) is 6. The zero-order valence-electron chi connectivity index (χ0n) is 24.4. The van der Waals surface area contributed by atoms with Crippen LogP contribution in [0.5, 0.6) is 6.01 Å². The van der Waals surface area contributed by atoms with Crippen molar-refractivity contribution in [1.82, 2.24) is 9.97 Å². The molecule has 6 heteroatoms. The molecule has 4 atom stereocenters. The minimum absolute atomic E-state index is 0.110. The molecular formula is C33H48N4O2.